The zero-order valence-corrected chi connectivity index (χ0v) is 11.5. The quantitative estimate of drug-likeness (QED) is 0.937. The van der Waals surface area contributed by atoms with Gasteiger partial charge in [0.15, 0.2) is 0 Å². The van der Waals surface area contributed by atoms with Gasteiger partial charge in [0.25, 0.3) is 0 Å². The van der Waals surface area contributed by atoms with E-state index in [2.05, 4.69) is 26.3 Å². The van der Waals surface area contributed by atoms with Gasteiger partial charge in [0, 0.05) is 23.8 Å². The Bertz CT molecular complexity index is 545. The number of hydrogen-bond acceptors (Lipinski definition) is 2. The highest BCUT2D eigenvalue weighted by Crippen LogP contribution is 2.30. The summed E-state index contributed by atoms with van der Waals surface area (Å²) in [6, 6.07) is 3.77. The van der Waals surface area contributed by atoms with Crippen molar-refractivity contribution >= 4 is 21.6 Å². The molecule has 0 aliphatic heterocycles. The van der Waals surface area contributed by atoms with Crippen LogP contribution in [0.3, 0.4) is 0 Å². The fourth-order valence-electron chi connectivity index (χ4n) is 1.78. The first kappa shape index (κ1) is 13.0. The van der Waals surface area contributed by atoms with Crippen LogP contribution in [0.15, 0.2) is 28.9 Å². The minimum absolute atomic E-state index is 0.145. The van der Waals surface area contributed by atoms with Crippen molar-refractivity contribution in [2.75, 3.05) is 5.32 Å². The van der Waals surface area contributed by atoms with Crippen molar-refractivity contribution in [3.8, 4) is 0 Å². The van der Waals surface area contributed by atoms with Gasteiger partial charge in [0.2, 0.25) is 0 Å². The van der Waals surface area contributed by atoms with E-state index in [4.69, 9.17) is 0 Å². The Morgan fingerprint density at radius 2 is 2.11 bits per heavy atom. The summed E-state index contributed by atoms with van der Waals surface area (Å²) in [7, 11) is 1.81. The molecule has 0 spiro atoms. The van der Waals surface area contributed by atoms with Gasteiger partial charge in [-0.2, -0.15) is 5.10 Å². The summed E-state index contributed by atoms with van der Waals surface area (Å²) < 4.78 is 28.7. The van der Waals surface area contributed by atoms with Crippen LogP contribution in [0.25, 0.3) is 0 Å². The number of halogens is 3. The molecule has 3 nitrogen and oxygen atoms in total. The lowest BCUT2D eigenvalue weighted by Gasteiger charge is -2.17. The van der Waals surface area contributed by atoms with Gasteiger partial charge in [0.1, 0.15) is 11.6 Å². The van der Waals surface area contributed by atoms with Crippen molar-refractivity contribution in [1.29, 1.82) is 0 Å². The molecule has 1 aromatic carbocycles. The van der Waals surface area contributed by atoms with E-state index in [0.717, 1.165) is 11.8 Å². The second-order valence-corrected chi connectivity index (χ2v) is 4.84. The third-order valence-corrected chi connectivity index (χ3v) is 3.30. The second-order valence-electron chi connectivity index (χ2n) is 3.99. The molecule has 1 aromatic heterocycles. The molecule has 6 heteroatoms. The number of aryl methyl sites for hydroxylation is 1. The maximum atomic E-state index is 13.7. The summed E-state index contributed by atoms with van der Waals surface area (Å²) in [6.07, 6.45) is 1.67. The highest BCUT2D eigenvalue weighted by atomic mass is 79.9. The molecule has 0 saturated carbocycles. The molecule has 1 unspecified atom stereocenters. The minimum Gasteiger partial charge on any atom is -0.374 e. The van der Waals surface area contributed by atoms with Gasteiger partial charge in [-0.15, -0.1) is 0 Å². The molecule has 0 fully saturated rings. The average molecular weight is 316 g/mol. The Hall–Kier alpha value is -1.43. The van der Waals surface area contributed by atoms with Crippen molar-refractivity contribution in [3.63, 3.8) is 0 Å². The summed E-state index contributed by atoms with van der Waals surface area (Å²) in [4.78, 5) is 0. The molecule has 0 aliphatic carbocycles. The molecule has 96 valence electrons. The predicted octanol–water partition coefficient (Wildman–Crippen LogP) is 3.63. The topological polar surface area (TPSA) is 29.9 Å². The normalized spacial score (nSPS) is 12.5. The largest absolute Gasteiger partial charge is 0.374 e. The number of anilines is 1. The molecule has 2 rings (SSSR count). The van der Waals surface area contributed by atoms with E-state index >= 15 is 0 Å². The van der Waals surface area contributed by atoms with Gasteiger partial charge < -0.3 is 5.32 Å². The minimum atomic E-state index is -0.629. The maximum Gasteiger partial charge on any atom is 0.150 e. The van der Waals surface area contributed by atoms with Crippen LogP contribution >= 0.6 is 15.9 Å². The Labute approximate surface area is 112 Å². The van der Waals surface area contributed by atoms with Crippen molar-refractivity contribution in [2.24, 2.45) is 7.05 Å². The first-order chi connectivity index (χ1) is 8.49. The summed E-state index contributed by atoms with van der Waals surface area (Å²) in [5, 5.41) is 7.05. The SMILES string of the molecule is CC(Nc1c(F)cc(F)cc1Br)c1ccnn1C. The summed E-state index contributed by atoms with van der Waals surface area (Å²) in [5.41, 5.74) is 1.15. The van der Waals surface area contributed by atoms with Crippen molar-refractivity contribution in [1.82, 2.24) is 9.78 Å². The number of rotatable bonds is 3. The van der Waals surface area contributed by atoms with Crippen LogP contribution in [0.5, 0.6) is 0 Å². The molecule has 0 radical (unpaired) electrons. The highest BCUT2D eigenvalue weighted by Gasteiger charge is 2.15. The number of hydrogen-bond donors (Lipinski definition) is 1. The molecular formula is C12H12BrF2N3. The number of aromatic nitrogens is 2. The number of nitrogens with one attached hydrogen (secondary N) is 1. The third kappa shape index (κ3) is 2.53. The lowest BCUT2D eigenvalue weighted by Crippen LogP contribution is -2.12. The van der Waals surface area contributed by atoms with E-state index in [1.165, 1.54) is 6.07 Å². The zero-order chi connectivity index (χ0) is 13.3. The molecule has 0 aliphatic rings. The van der Waals surface area contributed by atoms with Gasteiger partial charge in [-0.05, 0) is 35.0 Å². The van der Waals surface area contributed by atoms with Crippen molar-refractivity contribution in [2.45, 2.75) is 13.0 Å². The van der Waals surface area contributed by atoms with Crippen LogP contribution in [-0.4, -0.2) is 9.78 Å². The first-order valence-corrected chi connectivity index (χ1v) is 6.17. The fourth-order valence-corrected chi connectivity index (χ4v) is 2.30. The van der Waals surface area contributed by atoms with Gasteiger partial charge >= 0.3 is 0 Å². The molecule has 1 atom stereocenters. The number of nitrogens with zero attached hydrogens (tertiary/aromatic N) is 2. The average Bonchev–Trinajstić information content (AvgIpc) is 2.69. The molecule has 0 amide bonds. The van der Waals surface area contributed by atoms with Gasteiger partial charge in [-0.25, -0.2) is 8.78 Å². The van der Waals surface area contributed by atoms with E-state index in [-0.39, 0.29) is 11.7 Å². The molecular weight excluding hydrogens is 304 g/mol. The Kier molecular flexibility index (Phi) is 3.65. The predicted molar refractivity (Wildman–Crippen MR) is 69.3 cm³/mol. The molecule has 0 saturated heterocycles. The molecule has 1 N–H and O–H groups in total. The number of benzene rings is 1. The van der Waals surface area contributed by atoms with Gasteiger partial charge in [0.05, 0.1) is 17.4 Å². The molecule has 2 aromatic rings. The van der Waals surface area contributed by atoms with Crippen LogP contribution < -0.4 is 5.32 Å². The van der Waals surface area contributed by atoms with E-state index in [1.54, 1.807) is 10.9 Å². The van der Waals surface area contributed by atoms with Crippen LogP contribution in [0, 0.1) is 11.6 Å². The van der Waals surface area contributed by atoms with Crippen molar-refractivity contribution in [3.05, 3.63) is 46.2 Å². The van der Waals surface area contributed by atoms with E-state index in [9.17, 15) is 8.78 Å². The summed E-state index contributed by atoms with van der Waals surface area (Å²) >= 11 is 3.14. The lowest BCUT2D eigenvalue weighted by atomic mass is 10.2. The molecule has 0 bridgehead atoms. The zero-order valence-electron chi connectivity index (χ0n) is 9.92. The Morgan fingerprint density at radius 1 is 1.39 bits per heavy atom. The van der Waals surface area contributed by atoms with E-state index < -0.39 is 11.6 Å². The first-order valence-electron chi connectivity index (χ1n) is 5.38. The van der Waals surface area contributed by atoms with Crippen LogP contribution in [-0.2, 0) is 7.05 Å². The Morgan fingerprint density at radius 3 is 2.67 bits per heavy atom. The summed E-state index contributed by atoms with van der Waals surface area (Å²) in [5.74, 6) is -1.24. The molecule has 18 heavy (non-hydrogen) atoms. The molecule has 1 heterocycles. The smallest absolute Gasteiger partial charge is 0.150 e. The Balaban J connectivity index is 2.27. The van der Waals surface area contributed by atoms with Crippen LogP contribution in [0.1, 0.15) is 18.7 Å². The third-order valence-electron chi connectivity index (χ3n) is 2.67. The van der Waals surface area contributed by atoms with Crippen LogP contribution in [0.2, 0.25) is 0 Å². The maximum absolute atomic E-state index is 13.7. The van der Waals surface area contributed by atoms with E-state index in [0.29, 0.717) is 4.47 Å². The summed E-state index contributed by atoms with van der Waals surface area (Å²) in [6.45, 7) is 1.88. The van der Waals surface area contributed by atoms with E-state index in [1.807, 2.05) is 20.0 Å². The fraction of sp³-hybridized carbons (Fsp3) is 0.250. The van der Waals surface area contributed by atoms with Gasteiger partial charge in [-0.3, -0.25) is 4.68 Å². The van der Waals surface area contributed by atoms with Gasteiger partial charge in [-0.1, -0.05) is 0 Å². The standard InChI is InChI=1S/C12H12BrF2N3/c1-7(11-3-4-16-18(11)2)17-12-9(13)5-8(14)6-10(12)15/h3-7,17H,1-2H3. The van der Waals surface area contributed by atoms with Crippen molar-refractivity contribution < 1.29 is 8.78 Å². The second kappa shape index (κ2) is 5.06. The highest BCUT2D eigenvalue weighted by molar-refractivity contribution is 9.10. The lowest BCUT2D eigenvalue weighted by molar-refractivity contribution is 0.581. The monoisotopic (exact) mass is 315 g/mol. The van der Waals surface area contributed by atoms with Crippen LogP contribution in [0.4, 0.5) is 14.5 Å².